The van der Waals surface area contributed by atoms with Gasteiger partial charge in [-0.15, -0.1) is 0 Å². The largest absolute Gasteiger partial charge is 0.493 e. The number of carbonyl (C=O) groups excluding carboxylic acids is 1. The summed E-state index contributed by atoms with van der Waals surface area (Å²) in [7, 11) is 0. The van der Waals surface area contributed by atoms with Gasteiger partial charge in [-0.25, -0.2) is 9.97 Å². The number of aromatic nitrogens is 4. The van der Waals surface area contributed by atoms with Gasteiger partial charge in [-0.1, -0.05) is 36.0 Å². The molecule has 0 bridgehead atoms. The molecule has 0 saturated carbocycles. The second-order valence-electron chi connectivity index (χ2n) is 9.56. The first-order valence-electron chi connectivity index (χ1n) is 13.0. The van der Waals surface area contributed by atoms with Gasteiger partial charge in [-0.2, -0.15) is 5.10 Å². The molecule has 0 spiro atoms. The van der Waals surface area contributed by atoms with Gasteiger partial charge in [0.15, 0.2) is 5.16 Å². The van der Waals surface area contributed by atoms with Crippen molar-refractivity contribution in [3.05, 3.63) is 83.4 Å². The molecule has 0 fully saturated rings. The van der Waals surface area contributed by atoms with E-state index in [-0.39, 0.29) is 5.91 Å². The van der Waals surface area contributed by atoms with Gasteiger partial charge in [0.2, 0.25) is 5.91 Å². The Balaban J connectivity index is 1.25. The van der Waals surface area contributed by atoms with Gasteiger partial charge in [-0.05, 0) is 79.8 Å². The Hall–Kier alpha value is -3.65. The predicted octanol–water partition coefficient (Wildman–Crippen LogP) is 5.87. The zero-order chi connectivity index (χ0) is 26.5. The summed E-state index contributed by atoms with van der Waals surface area (Å²) in [6.45, 7) is 6.01. The molecule has 3 heterocycles. The van der Waals surface area contributed by atoms with E-state index < -0.39 is 0 Å². The number of benzene rings is 2. The molecular weight excluding hydrogens is 494 g/mol. The Morgan fingerprint density at radius 3 is 2.87 bits per heavy atom. The number of fused-ring (bicyclic) bond motifs is 1. The van der Waals surface area contributed by atoms with Crippen molar-refractivity contribution in [3.63, 3.8) is 0 Å². The number of anilines is 1. The Morgan fingerprint density at radius 2 is 2.00 bits per heavy atom. The third-order valence-corrected chi connectivity index (χ3v) is 7.60. The molecule has 0 radical (unpaired) electrons. The van der Waals surface area contributed by atoms with E-state index in [2.05, 4.69) is 53.3 Å². The molecule has 1 amide bonds. The number of thioether (sulfide) groups is 1. The number of hydrogen-bond acceptors (Lipinski definition) is 6. The fourth-order valence-electron chi connectivity index (χ4n) is 4.89. The van der Waals surface area contributed by atoms with E-state index in [1.807, 2.05) is 46.3 Å². The molecular formula is C30H33N5O2S. The van der Waals surface area contributed by atoms with Crippen molar-refractivity contribution >= 4 is 23.4 Å². The Morgan fingerprint density at radius 1 is 1.13 bits per heavy atom. The molecule has 0 atom stereocenters. The number of rotatable bonds is 9. The quantitative estimate of drug-likeness (QED) is 0.154. The maximum Gasteiger partial charge on any atom is 0.227 e. The second kappa shape index (κ2) is 11.8. The van der Waals surface area contributed by atoms with Crippen molar-refractivity contribution in [3.8, 4) is 16.9 Å². The van der Waals surface area contributed by atoms with Crippen molar-refractivity contribution < 1.29 is 9.53 Å². The van der Waals surface area contributed by atoms with Crippen LogP contribution in [0.2, 0.25) is 0 Å². The molecule has 8 heteroatoms. The molecule has 2 aromatic carbocycles. The lowest BCUT2D eigenvalue weighted by atomic mass is 9.93. The maximum absolute atomic E-state index is 13.2. The number of carbonyl (C=O) groups is 1. The van der Waals surface area contributed by atoms with E-state index in [0.29, 0.717) is 26.0 Å². The van der Waals surface area contributed by atoms with Crippen LogP contribution in [0.3, 0.4) is 0 Å². The Bertz CT molecular complexity index is 1430. The van der Waals surface area contributed by atoms with Crippen LogP contribution in [0.1, 0.15) is 41.6 Å². The van der Waals surface area contributed by atoms with Crippen LogP contribution >= 0.6 is 11.8 Å². The van der Waals surface area contributed by atoms with Gasteiger partial charge in [0.25, 0.3) is 0 Å². The summed E-state index contributed by atoms with van der Waals surface area (Å²) < 4.78 is 7.88. The molecule has 0 N–H and O–H groups in total. The van der Waals surface area contributed by atoms with Gasteiger partial charge >= 0.3 is 0 Å². The standard InChI is InChI=1S/C30H33N5O2S/c1-21-8-4-12-28(22(21)2)37-17-7-13-29(36)35-16-6-10-26-25(9-5-11-27(26)35)23-18-32-34(19-23)20-24-14-15-31-30(33-24)38-3/h4-5,8-9,11-12,14-15,18-19H,6-7,10,13,16-17,20H2,1-3H3. The van der Waals surface area contributed by atoms with Crippen LogP contribution in [0.25, 0.3) is 11.1 Å². The molecule has 7 nitrogen and oxygen atoms in total. The summed E-state index contributed by atoms with van der Waals surface area (Å²) in [5.41, 5.74) is 7.71. The van der Waals surface area contributed by atoms with Crippen molar-refractivity contribution in [2.24, 2.45) is 0 Å². The fourth-order valence-corrected chi connectivity index (χ4v) is 5.27. The summed E-state index contributed by atoms with van der Waals surface area (Å²) in [6, 6.07) is 14.2. The van der Waals surface area contributed by atoms with Crippen LogP contribution in [0.15, 0.2) is 66.2 Å². The number of amides is 1. The number of nitrogens with zero attached hydrogens (tertiary/aromatic N) is 5. The van der Waals surface area contributed by atoms with E-state index in [9.17, 15) is 4.79 Å². The van der Waals surface area contributed by atoms with E-state index in [4.69, 9.17) is 4.74 Å². The average molecular weight is 528 g/mol. The second-order valence-corrected chi connectivity index (χ2v) is 10.3. The molecule has 0 aliphatic carbocycles. The van der Waals surface area contributed by atoms with Gasteiger partial charge in [0, 0.05) is 36.6 Å². The number of aryl methyl sites for hydroxylation is 1. The summed E-state index contributed by atoms with van der Waals surface area (Å²) in [5, 5.41) is 5.35. The van der Waals surface area contributed by atoms with E-state index >= 15 is 0 Å². The number of hydrogen-bond donors (Lipinski definition) is 0. The van der Waals surface area contributed by atoms with Crippen LogP contribution in [0.5, 0.6) is 5.75 Å². The zero-order valence-electron chi connectivity index (χ0n) is 22.2. The van der Waals surface area contributed by atoms with Crippen molar-refractivity contribution in [2.75, 3.05) is 24.3 Å². The maximum atomic E-state index is 13.2. The van der Waals surface area contributed by atoms with Gasteiger partial charge in [0.1, 0.15) is 5.75 Å². The van der Waals surface area contributed by atoms with Crippen molar-refractivity contribution in [1.82, 2.24) is 19.7 Å². The summed E-state index contributed by atoms with van der Waals surface area (Å²) in [6.07, 6.45) is 10.8. The Labute approximate surface area is 228 Å². The molecule has 38 heavy (non-hydrogen) atoms. The molecule has 1 aliphatic rings. The Kier molecular flexibility index (Phi) is 8.08. The van der Waals surface area contributed by atoms with Crippen LogP contribution in [-0.4, -0.2) is 45.1 Å². The molecule has 4 aromatic rings. The molecule has 5 rings (SSSR count). The predicted molar refractivity (Wildman–Crippen MR) is 152 cm³/mol. The third kappa shape index (κ3) is 5.75. The fraction of sp³-hybridized carbons (Fsp3) is 0.333. The lowest BCUT2D eigenvalue weighted by Gasteiger charge is -2.31. The molecule has 0 saturated heterocycles. The highest BCUT2D eigenvalue weighted by molar-refractivity contribution is 7.98. The molecule has 0 unspecified atom stereocenters. The lowest BCUT2D eigenvalue weighted by molar-refractivity contribution is -0.118. The highest BCUT2D eigenvalue weighted by atomic mass is 32.2. The van der Waals surface area contributed by atoms with Crippen LogP contribution in [-0.2, 0) is 17.8 Å². The first-order valence-corrected chi connectivity index (χ1v) is 14.3. The summed E-state index contributed by atoms with van der Waals surface area (Å²) in [5.74, 6) is 1.05. The first-order chi connectivity index (χ1) is 18.5. The van der Waals surface area contributed by atoms with Crippen LogP contribution < -0.4 is 9.64 Å². The highest BCUT2D eigenvalue weighted by Crippen LogP contribution is 2.36. The minimum Gasteiger partial charge on any atom is -0.493 e. The average Bonchev–Trinajstić information content (AvgIpc) is 3.40. The minimum absolute atomic E-state index is 0.150. The SMILES string of the molecule is CSc1nccc(Cn2cc(-c3cccc4c3CCCN4C(=O)CCCOc3cccc(C)c3C)cn2)n1. The summed E-state index contributed by atoms with van der Waals surface area (Å²) in [4.78, 5) is 24.0. The monoisotopic (exact) mass is 527 g/mol. The van der Waals surface area contributed by atoms with E-state index in [1.54, 1.807) is 6.20 Å². The highest BCUT2D eigenvalue weighted by Gasteiger charge is 2.24. The van der Waals surface area contributed by atoms with E-state index in [1.165, 1.54) is 22.9 Å². The zero-order valence-corrected chi connectivity index (χ0v) is 23.0. The normalized spacial score (nSPS) is 12.9. The first kappa shape index (κ1) is 26.0. The molecule has 2 aromatic heterocycles. The van der Waals surface area contributed by atoms with Crippen LogP contribution in [0, 0.1) is 13.8 Å². The number of ether oxygens (including phenoxy) is 1. The minimum atomic E-state index is 0.150. The van der Waals surface area contributed by atoms with Crippen molar-refractivity contribution in [2.45, 2.75) is 51.2 Å². The molecule has 1 aliphatic heterocycles. The smallest absolute Gasteiger partial charge is 0.227 e. The van der Waals surface area contributed by atoms with Crippen LogP contribution in [0.4, 0.5) is 5.69 Å². The topological polar surface area (TPSA) is 73.1 Å². The van der Waals surface area contributed by atoms with E-state index in [0.717, 1.165) is 58.4 Å². The lowest BCUT2D eigenvalue weighted by Crippen LogP contribution is -2.35. The van der Waals surface area contributed by atoms with Crippen molar-refractivity contribution in [1.29, 1.82) is 0 Å². The summed E-state index contributed by atoms with van der Waals surface area (Å²) >= 11 is 1.53. The van der Waals surface area contributed by atoms with Gasteiger partial charge in [-0.3, -0.25) is 9.48 Å². The van der Waals surface area contributed by atoms with Gasteiger partial charge < -0.3 is 9.64 Å². The third-order valence-electron chi connectivity index (χ3n) is 7.04. The van der Waals surface area contributed by atoms with Gasteiger partial charge in [0.05, 0.1) is 25.0 Å². The molecule has 196 valence electrons.